The summed E-state index contributed by atoms with van der Waals surface area (Å²) in [6, 6.07) is -1.51. The zero-order valence-electron chi connectivity index (χ0n) is 35.8. The molecule has 0 saturated carbocycles. The van der Waals surface area contributed by atoms with Crippen LogP contribution < -0.4 is 36.6 Å². The van der Waals surface area contributed by atoms with Crippen molar-refractivity contribution in [3.63, 3.8) is 0 Å². The smallest absolute Gasteiger partial charge is 0.407 e. The van der Waals surface area contributed by atoms with Crippen molar-refractivity contribution in [3.8, 4) is 18.1 Å². The first-order valence-electron chi connectivity index (χ1n) is 19.4. The maximum Gasteiger partial charge on any atom is 0.407 e. The number of carboxylic acids is 1. The number of fused-ring (bicyclic) bond motifs is 1. The van der Waals surface area contributed by atoms with Gasteiger partial charge in [0.15, 0.2) is 5.75 Å². The average molecular weight is 857 g/mol. The lowest BCUT2D eigenvalue weighted by Crippen LogP contribution is -2.53. The highest BCUT2D eigenvalue weighted by Crippen LogP contribution is 2.28. The van der Waals surface area contributed by atoms with Crippen molar-refractivity contribution < 1.29 is 62.5 Å². The largest absolute Gasteiger partial charge is 0.481 e. The number of nitrogens with zero attached hydrogens (tertiary/aromatic N) is 2. The third kappa shape index (κ3) is 16.8. The summed E-state index contributed by atoms with van der Waals surface area (Å²) in [7, 11) is 0. The van der Waals surface area contributed by atoms with E-state index in [0.29, 0.717) is 5.56 Å². The second-order valence-corrected chi connectivity index (χ2v) is 15.5. The van der Waals surface area contributed by atoms with E-state index in [4.69, 9.17) is 15.9 Å². The second-order valence-electron chi connectivity index (χ2n) is 15.5. The highest BCUT2D eigenvalue weighted by molar-refractivity contribution is 6.00. The van der Waals surface area contributed by atoms with E-state index in [2.05, 4.69) is 31.9 Å². The van der Waals surface area contributed by atoms with Crippen molar-refractivity contribution in [2.45, 2.75) is 124 Å². The van der Waals surface area contributed by atoms with E-state index < -0.39 is 120 Å². The molecule has 1 aliphatic rings. The van der Waals surface area contributed by atoms with Crippen LogP contribution in [0.5, 0.6) is 5.75 Å². The predicted octanol–water partition coefficient (Wildman–Crippen LogP) is 0.115. The number of amides is 8. The Morgan fingerprint density at radius 1 is 0.869 bits per heavy atom. The maximum atomic E-state index is 13.5. The van der Waals surface area contributed by atoms with E-state index in [1.807, 2.05) is 5.92 Å². The summed E-state index contributed by atoms with van der Waals surface area (Å²) < 4.78 is 11.0. The minimum Gasteiger partial charge on any atom is -0.481 e. The number of carbonyl (C=O) groups is 10. The molecule has 21 heteroatoms. The van der Waals surface area contributed by atoms with Gasteiger partial charge in [0.1, 0.15) is 29.8 Å². The number of terminal acetylenes is 1. The molecule has 0 fully saturated rings. The molecule has 0 aromatic heterocycles. The molecule has 7 N–H and O–H groups in total. The lowest BCUT2D eigenvalue weighted by molar-refractivity contribution is -0.160. The molecule has 334 valence electrons. The van der Waals surface area contributed by atoms with Crippen LogP contribution >= 0.6 is 0 Å². The second kappa shape index (κ2) is 22.6. The Kier molecular flexibility index (Phi) is 18.7. The molecule has 0 bridgehead atoms. The predicted molar refractivity (Wildman–Crippen MR) is 217 cm³/mol. The van der Waals surface area contributed by atoms with Gasteiger partial charge >= 0.3 is 23.9 Å². The van der Waals surface area contributed by atoms with Crippen LogP contribution in [-0.4, -0.2) is 123 Å². The number of ether oxygens (including phenoxy) is 2. The summed E-state index contributed by atoms with van der Waals surface area (Å²) in [5, 5.41) is 26.3. The number of hydrogen-bond acceptors (Lipinski definition) is 12. The van der Waals surface area contributed by atoms with Crippen molar-refractivity contribution in [3.05, 3.63) is 23.8 Å². The first kappa shape index (κ1) is 50.4. The summed E-state index contributed by atoms with van der Waals surface area (Å²) in [6.45, 7) is 12.1. The molecular formula is C40H56N8O13. The third-order valence-corrected chi connectivity index (χ3v) is 8.90. The number of alkyl carbamates (subject to hydrolysis) is 1. The van der Waals surface area contributed by atoms with E-state index in [0.717, 1.165) is 16.9 Å². The summed E-state index contributed by atoms with van der Waals surface area (Å²) in [4.78, 5) is 128. The lowest BCUT2D eigenvalue weighted by atomic mass is 9.96. The molecule has 8 amide bonds. The molecule has 1 aliphatic heterocycles. The highest BCUT2D eigenvalue weighted by Gasteiger charge is 2.29. The Labute approximate surface area is 353 Å². The molecule has 61 heavy (non-hydrogen) atoms. The minimum atomic E-state index is -1.31. The molecule has 0 radical (unpaired) electrons. The fourth-order valence-corrected chi connectivity index (χ4v) is 5.64. The van der Waals surface area contributed by atoms with Crippen LogP contribution in [0.4, 0.5) is 10.5 Å². The van der Waals surface area contributed by atoms with Gasteiger partial charge in [0.05, 0.1) is 24.7 Å². The van der Waals surface area contributed by atoms with Gasteiger partial charge in [-0.2, -0.15) is 0 Å². The van der Waals surface area contributed by atoms with E-state index in [9.17, 15) is 53.1 Å². The molecule has 0 spiro atoms. The van der Waals surface area contributed by atoms with E-state index in [1.54, 1.807) is 20.8 Å². The van der Waals surface area contributed by atoms with Crippen LogP contribution in [-0.2, 0) is 54.3 Å². The highest BCUT2D eigenvalue weighted by atomic mass is 16.6. The number of nitrogens with one attached hydrogen (secondary N) is 6. The fourth-order valence-electron chi connectivity index (χ4n) is 5.64. The maximum absolute atomic E-state index is 13.5. The molecule has 6 atom stereocenters. The molecule has 1 aromatic rings. The molecule has 1 aromatic carbocycles. The van der Waals surface area contributed by atoms with Gasteiger partial charge in [0.2, 0.25) is 35.4 Å². The number of carbonyl (C=O) groups excluding carboxylic acids is 9. The van der Waals surface area contributed by atoms with Gasteiger partial charge < -0.3 is 46.5 Å². The summed E-state index contributed by atoms with van der Waals surface area (Å²) >= 11 is 0. The lowest BCUT2D eigenvalue weighted by Gasteiger charge is -2.32. The average Bonchev–Trinajstić information content (AvgIpc) is 3.14. The van der Waals surface area contributed by atoms with Crippen molar-refractivity contribution in [2.75, 3.05) is 18.4 Å². The topological polar surface area (TPSA) is 288 Å². The Morgan fingerprint density at radius 2 is 1.39 bits per heavy atom. The molecule has 0 aliphatic carbocycles. The SMILES string of the molecule is C#CC(=O)N1CCC(=O)NC(C)C(=O)NC(C)C(=O)Nc2cc(C[C@@H](CC(C)C(=O)O)NC(=O)OC(C)(C)C)ccc2OC(=O)C(C)NC(=O)C(C)NC(=O)CCN1C(C)=O. The normalized spacial score (nSPS) is 21.5. The van der Waals surface area contributed by atoms with E-state index in [-0.39, 0.29) is 30.8 Å². The summed E-state index contributed by atoms with van der Waals surface area (Å²) in [5.74, 6) is -6.86. The van der Waals surface area contributed by atoms with Gasteiger partial charge in [-0.1, -0.05) is 13.0 Å². The van der Waals surface area contributed by atoms with Gasteiger partial charge in [-0.05, 0) is 84.9 Å². The van der Waals surface area contributed by atoms with Gasteiger partial charge in [0.25, 0.3) is 0 Å². The Morgan fingerprint density at radius 3 is 1.90 bits per heavy atom. The molecular weight excluding hydrogens is 800 g/mol. The van der Waals surface area contributed by atoms with Crippen LogP contribution in [0.25, 0.3) is 0 Å². The van der Waals surface area contributed by atoms with Crippen LogP contribution in [0, 0.1) is 18.3 Å². The molecule has 0 saturated heterocycles. The van der Waals surface area contributed by atoms with Gasteiger partial charge in [-0.25, -0.2) is 14.6 Å². The Balaban J connectivity index is 2.53. The number of esters is 1. The number of anilines is 1. The number of benzene rings is 1. The molecule has 5 unspecified atom stereocenters. The number of hydrogen-bond donors (Lipinski definition) is 7. The number of rotatable bonds is 6. The van der Waals surface area contributed by atoms with Gasteiger partial charge in [0, 0.05) is 25.8 Å². The zero-order chi connectivity index (χ0) is 46.4. The monoisotopic (exact) mass is 856 g/mol. The standard InChI is InChI=1S/C40H56N8O13/c1-11-33(52)48-17-15-32(51)41-22(3)34(53)43-24(5)36(55)46-29-20-27(19-28(18-21(2)37(56)57)45-39(59)61-40(8,9)10)12-13-30(29)60-38(58)25(6)44-35(54)23(4)42-31(50)14-16-47(48)26(7)49/h1,12-13,20-25,28H,14-19H2,2-10H3,(H,41,51)(H,42,50)(H,43,53)(H,44,54)(H,45,59)(H,46,55)(H,56,57)/t21?,22?,23?,24?,25?,28-/m1/s1. The van der Waals surface area contributed by atoms with Gasteiger partial charge in [-0.15, -0.1) is 6.42 Å². The van der Waals surface area contributed by atoms with Crippen LogP contribution in [0.1, 0.15) is 87.1 Å². The summed E-state index contributed by atoms with van der Waals surface area (Å²) in [5.41, 5.74) is -0.498. The van der Waals surface area contributed by atoms with Crippen molar-refractivity contribution in [1.29, 1.82) is 0 Å². The Hall–Kier alpha value is -6.72. The quantitative estimate of drug-likeness (QED) is 0.114. The van der Waals surface area contributed by atoms with Crippen molar-refractivity contribution in [2.24, 2.45) is 5.92 Å². The molecule has 21 nitrogen and oxygen atoms in total. The van der Waals surface area contributed by atoms with E-state index >= 15 is 0 Å². The first-order chi connectivity index (χ1) is 28.3. The Bertz CT molecular complexity index is 1910. The van der Waals surface area contributed by atoms with Crippen LogP contribution in [0.3, 0.4) is 0 Å². The summed E-state index contributed by atoms with van der Waals surface area (Å²) in [6.07, 6.45) is 3.67. The number of aliphatic carboxylic acids is 1. The zero-order valence-corrected chi connectivity index (χ0v) is 35.8. The number of hydrazine groups is 1. The fraction of sp³-hybridized carbons (Fsp3) is 0.550. The molecule has 2 rings (SSSR count). The van der Waals surface area contributed by atoms with E-state index in [1.165, 1.54) is 52.8 Å². The van der Waals surface area contributed by atoms with Gasteiger partial charge in [-0.3, -0.25) is 43.4 Å². The van der Waals surface area contributed by atoms with Crippen LogP contribution in [0.15, 0.2) is 18.2 Å². The van der Waals surface area contributed by atoms with Crippen LogP contribution in [0.2, 0.25) is 0 Å². The number of carboxylic acid groups (broad SMARTS) is 1. The first-order valence-corrected chi connectivity index (χ1v) is 19.4. The van der Waals surface area contributed by atoms with Crippen molar-refractivity contribution in [1.82, 2.24) is 36.6 Å². The van der Waals surface area contributed by atoms with Crippen molar-refractivity contribution >= 4 is 65.1 Å². The minimum absolute atomic E-state index is 0.0149. The molecule has 1 heterocycles. The third-order valence-electron chi connectivity index (χ3n) is 8.90.